The predicted molar refractivity (Wildman–Crippen MR) is 183 cm³/mol. The third kappa shape index (κ3) is 15.2. The lowest BCUT2D eigenvalue weighted by Crippen LogP contribution is -2.47. The molecular formula is C35H52N2O9Si. The summed E-state index contributed by atoms with van der Waals surface area (Å²) >= 11 is 0. The van der Waals surface area contributed by atoms with Crippen LogP contribution < -0.4 is 14.2 Å². The van der Waals surface area contributed by atoms with Crippen molar-refractivity contribution in [3.8, 4) is 17.2 Å². The minimum absolute atomic E-state index is 0.105. The SMILES string of the molecule is CO[Si](CCCN(CCN(CC(O)COc1ccccc1)CC(O)COc1ccccc1)CC(O)COc1ccccc1)(OC)OC. The summed E-state index contributed by atoms with van der Waals surface area (Å²) in [6.07, 6.45) is -1.62. The quantitative estimate of drug-likeness (QED) is 0.115. The molecule has 3 aromatic carbocycles. The van der Waals surface area contributed by atoms with Gasteiger partial charge in [-0.2, -0.15) is 0 Å². The Morgan fingerprint density at radius 3 is 1.21 bits per heavy atom. The monoisotopic (exact) mass is 672 g/mol. The van der Waals surface area contributed by atoms with Crippen LogP contribution in [0.25, 0.3) is 0 Å². The van der Waals surface area contributed by atoms with Crippen molar-refractivity contribution < 1.29 is 42.8 Å². The molecule has 3 atom stereocenters. The van der Waals surface area contributed by atoms with E-state index in [1.807, 2.05) is 95.9 Å². The summed E-state index contributed by atoms with van der Waals surface area (Å²) < 4.78 is 34.2. The van der Waals surface area contributed by atoms with E-state index in [9.17, 15) is 15.3 Å². The van der Waals surface area contributed by atoms with Gasteiger partial charge in [-0.1, -0.05) is 54.6 Å². The van der Waals surface area contributed by atoms with E-state index in [-0.39, 0.29) is 32.9 Å². The molecule has 3 unspecified atom stereocenters. The Balaban J connectivity index is 1.64. The molecule has 0 spiro atoms. The third-order valence-corrected chi connectivity index (χ3v) is 10.4. The highest BCUT2D eigenvalue weighted by Gasteiger charge is 2.37. The van der Waals surface area contributed by atoms with Gasteiger partial charge in [-0.05, 0) is 49.4 Å². The highest BCUT2D eigenvalue weighted by atomic mass is 28.4. The fraction of sp³-hybridized carbons (Fsp3) is 0.486. The zero-order valence-corrected chi connectivity index (χ0v) is 28.9. The zero-order valence-electron chi connectivity index (χ0n) is 27.9. The molecule has 0 aromatic heterocycles. The number of aliphatic hydroxyl groups is 3. The second-order valence-electron chi connectivity index (χ2n) is 11.3. The summed E-state index contributed by atoms with van der Waals surface area (Å²) in [7, 11) is 2.02. The van der Waals surface area contributed by atoms with Gasteiger partial charge in [0, 0.05) is 60.1 Å². The van der Waals surface area contributed by atoms with Crippen molar-refractivity contribution in [1.82, 2.24) is 9.80 Å². The number of hydrogen-bond donors (Lipinski definition) is 3. The second kappa shape index (κ2) is 21.8. The number of aliphatic hydroxyl groups excluding tert-OH is 3. The summed E-state index contributed by atoms with van der Waals surface area (Å²) in [5.41, 5.74) is 0. The molecule has 47 heavy (non-hydrogen) atoms. The van der Waals surface area contributed by atoms with Gasteiger partial charge < -0.3 is 42.8 Å². The minimum atomic E-state index is -2.76. The molecular weight excluding hydrogens is 620 g/mol. The van der Waals surface area contributed by atoms with E-state index in [0.717, 1.165) is 6.42 Å². The molecule has 0 amide bonds. The molecule has 0 aliphatic rings. The van der Waals surface area contributed by atoms with E-state index in [0.29, 0.717) is 49.5 Å². The molecule has 0 aliphatic heterocycles. The lowest BCUT2D eigenvalue weighted by Gasteiger charge is -2.32. The summed E-state index contributed by atoms with van der Waals surface area (Å²) in [6.45, 7) is 2.97. The minimum Gasteiger partial charge on any atom is -0.491 e. The first-order valence-electron chi connectivity index (χ1n) is 16.0. The Kier molecular flexibility index (Phi) is 17.8. The first-order chi connectivity index (χ1) is 22.8. The molecule has 3 aromatic rings. The van der Waals surface area contributed by atoms with Crippen LogP contribution in [0, 0.1) is 0 Å². The highest BCUT2D eigenvalue weighted by Crippen LogP contribution is 2.16. The maximum absolute atomic E-state index is 10.9. The van der Waals surface area contributed by atoms with E-state index in [1.54, 1.807) is 21.3 Å². The molecule has 11 nitrogen and oxygen atoms in total. The lowest BCUT2D eigenvalue weighted by atomic mass is 10.2. The molecule has 0 heterocycles. The van der Waals surface area contributed by atoms with Crippen LogP contribution in [0.2, 0.25) is 6.04 Å². The van der Waals surface area contributed by atoms with Crippen LogP contribution in [0.1, 0.15) is 6.42 Å². The summed E-state index contributed by atoms with van der Waals surface area (Å²) in [5, 5.41) is 32.8. The molecule has 0 bridgehead atoms. The van der Waals surface area contributed by atoms with E-state index >= 15 is 0 Å². The van der Waals surface area contributed by atoms with Gasteiger partial charge in [0.25, 0.3) is 0 Å². The van der Waals surface area contributed by atoms with Crippen molar-refractivity contribution >= 4 is 8.80 Å². The molecule has 0 radical (unpaired) electrons. The van der Waals surface area contributed by atoms with Crippen molar-refractivity contribution in [2.45, 2.75) is 30.8 Å². The smallest absolute Gasteiger partial charge is 0.491 e. The molecule has 260 valence electrons. The van der Waals surface area contributed by atoms with Crippen LogP contribution in [0.4, 0.5) is 0 Å². The number of nitrogens with zero attached hydrogens (tertiary/aromatic N) is 2. The Hall–Kier alpha value is -3.04. The molecule has 0 saturated heterocycles. The van der Waals surface area contributed by atoms with Gasteiger partial charge in [-0.25, -0.2) is 0 Å². The van der Waals surface area contributed by atoms with E-state index in [2.05, 4.69) is 4.90 Å². The maximum atomic E-state index is 10.9. The predicted octanol–water partition coefficient (Wildman–Crippen LogP) is 3.18. The van der Waals surface area contributed by atoms with Gasteiger partial charge in [0.1, 0.15) is 55.4 Å². The molecule has 0 fully saturated rings. The van der Waals surface area contributed by atoms with E-state index in [1.165, 1.54) is 0 Å². The van der Waals surface area contributed by atoms with Crippen LogP contribution in [-0.4, -0.2) is 133 Å². The van der Waals surface area contributed by atoms with Crippen LogP contribution in [-0.2, 0) is 13.3 Å². The topological polar surface area (TPSA) is 123 Å². The van der Waals surface area contributed by atoms with Crippen molar-refractivity contribution in [3.05, 3.63) is 91.0 Å². The molecule has 0 saturated carbocycles. The summed E-state index contributed by atoms with van der Waals surface area (Å²) in [6, 6.07) is 28.7. The Labute approximate surface area is 280 Å². The Bertz CT molecular complexity index is 1140. The van der Waals surface area contributed by atoms with Gasteiger partial charge >= 0.3 is 8.80 Å². The van der Waals surface area contributed by atoms with Crippen LogP contribution >= 0.6 is 0 Å². The fourth-order valence-electron chi connectivity index (χ4n) is 5.09. The number of rotatable bonds is 25. The van der Waals surface area contributed by atoms with Gasteiger partial charge in [-0.3, -0.25) is 9.80 Å². The van der Waals surface area contributed by atoms with Crippen LogP contribution in [0.15, 0.2) is 91.0 Å². The summed E-state index contributed by atoms with van der Waals surface area (Å²) in [4.78, 5) is 4.14. The van der Waals surface area contributed by atoms with Crippen LogP contribution in [0.5, 0.6) is 17.2 Å². The highest BCUT2D eigenvalue weighted by molar-refractivity contribution is 6.60. The number of para-hydroxylation sites is 3. The zero-order chi connectivity index (χ0) is 33.7. The molecule has 12 heteroatoms. The van der Waals surface area contributed by atoms with Gasteiger partial charge in [0.2, 0.25) is 0 Å². The fourth-order valence-corrected chi connectivity index (χ4v) is 6.79. The third-order valence-electron chi connectivity index (χ3n) is 7.59. The van der Waals surface area contributed by atoms with Gasteiger partial charge in [0.15, 0.2) is 0 Å². The van der Waals surface area contributed by atoms with Crippen molar-refractivity contribution in [3.63, 3.8) is 0 Å². The van der Waals surface area contributed by atoms with E-state index in [4.69, 9.17) is 27.5 Å². The van der Waals surface area contributed by atoms with Crippen molar-refractivity contribution in [2.24, 2.45) is 0 Å². The average molecular weight is 673 g/mol. The molecule has 0 aliphatic carbocycles. The van der Waals surface area contributed by atoms with Crippen molar-refractivity contribution in [2.75, 3.05) is 80.4 Å². The second-order valence-corrected chi connectivity index (χ2v) is 14.4. The first-order valence-corrected chi connectivity index (χ1v) is 18.0. The largest absolute Gasteiger partial charge is 0.500 e. The average Bonchev–Trinajstić information content (AvgIpc) is 3.11. The number of ether oxygens (including phenoxy) is 3. The van der Waals surface area contributed by atoms with Crippen LogP contribution in [0.3, 0.4) is 0 Å². The normalized spacial score (nSPS) is 13.8. The summed E-state index contributed by atoms with van der Waals surface area (Å²) in [5.74, 6) is 2.05. The van der Waals surface area contributed by atoms with Gasteiger partial charge in [0.05, 0.1) is 0 Å². The van der Waals surface area contributed by atoms with Gasteiger partial charge in [-0.15, -0.1) is 0 Å². The standard InChI is InChI=1S/C35H52N2O9Si/c1-41-47(42-2,43-3)23-13-20-36(24-30(38)27-44-33-14-7-4-8-15-33)21-22-37(25-31(39)28-45-34-16-9-5-10-17-34)26-32(40)29-46-35-18-11-6-12-19-35/h4-12,14-19,30-32,38-40H,13,20-29H2,1-3H3. The molecule has 3 rings (SSSR count). The number of hydrogen-bond acceptors (Lipinski definition) is 11. The Morgan fingerprint density at radius 1 is 0.511 bits per heavy atom. The number of benzene rings is 3. The Morgan fingerprint density at radius 2 is 0.851 bits per heavy atom. The van der Waals surface area contributed by atoms with Crippen molar-refractivity contribution in [1.29, 1.82) is 0 Å². The maximum Gasteiger partial charge on any atom is 0.500 e. The van der Waals surface area contributed by atoms with E-state index < -0.39 is 27.1 Å². The first kappa shape index (κ1) is 38.4. The lowest BCUT2D eigenvalue weighted by molar-refractivity contribution is 0.0226. The molecule has 3 N–H and O–H groups in total.